The molecule has 0 amide bonds. The molecule has 112 valence electrons. The molecule has 0 fully saturated rings. The Kier molecular flexibility index (Phi) is 4.62. The van der Waals surface area contributed by atoms with Gasteiger partial charge in [0, 0.05) is 5.56 Å². The van der Waals surface area contributed by atoms with Crippen molar-refractivity contribution < 1.29 is 14.6 Å². The fraction of sp³-hybridized carbons (Fsp3) is 0.375. The van der Waals surface area contributed by atoms with Crippen molar-refractivity contribution in [3.63, 3.8) is 0 Å². The van der Waals surface area contributed by atoms with Crippen LogP contribution in [0, 0.1) is 5.92 Å². The molecule has 0 aliphatic rings. The number of imidazole rings is 1. The Balaban J connectivity index is 2.24. The summed E-state index contributed by atoms with van der Waals surface area (Å²) in [4.78, 5) is 16.1. The van der Waals surface area contributed by atoms with Gasteiger partial charge in [-0.15, -0.1) is 0 Å². The van der Waals surface area contributed by atoms with Crippen LogP contribution in [0.25, 0.3) is 0 Å². The van der Waals surface area contributed by atoms with E-state index in [4.69, 9.17) is 4.74 Å². The van der Waals surface area contributed by atoms with E-state index in [1.807, 2.05) is 32.9 Å². The zero-order valence-electron chi connectivity index (χ0n) is 12.5. The van der Waals surface area contributed by atoms with Gasteiger partial charge in [-0.1, -0.05) is 32.0 Å². The summed E-state index contributed by atoms with van der Waals surface area (Å²) in [5, 5.41) is 9.94. The van der Waals surface area contributed by atoms with Crippen LogP contribution in [0.15, 0.2) is 36.8 Å². The lowest BCUT2D eigenvalue weighted by Gasteiger charge is -2.17. The number of rotatable bonds is 5. The number of esters is 1. The summed E-state index contributed by atoms with van der Waals surface area (Å²) in [6.07, 6.45) is 3.06. The normalized spacial score (nSPS) is 12.4. The Morgan fingerprint density at radius 1 is 1.33 bits per heavy atom. The van der Waals surface area contributed by atoms with Crippen molar-refractivity contribution in [3.8, 4) is 5.75 Å². The maximum absolute atomic E-state index is 12.1. The smallest absolute Gasteiger partial charge is 0.356 e. The van der Waals surface area contributed by atoms with Crippen molar-refractivity contribution >= 4 is 5.97 Å². The number of phenols is 1. The van der Waals surface area contributed by atoms with Crippen LogP contribution in [0.5, 0.6) is 5.75 Å². The number of benzene rings is 1. The second-order valence-corrected chi connectivity index (χ2v) is 5.41. The number of hydrogen-bond donors (Lipinski definition) is 1. The summed E-state index contributed by atoms with van der Waals surface area (Å²) in [6, 6.07) is 6.84. The van der Waals surface area contributed by atoms with E-state index in [0.29, 0.717) is 12.3 Å². The lowest BCUT2D eigenvalue weighted by atomic mass is 10.1. The number of phenolic OH excluding ortho intramolecular Hbond substituents is 1. The molecule has 0 aliphatic heterocycles. The summed E-state index contributed by atoms with van der Waals surface area (Å²) >= 11 is 0. The Morgan fingerprint density at radius 3 is 2.71 bits per heavy atom. The van der Waals surface area contributed by atoms with E-state index < -0.39 is 5.97 Å². The molecule has 0 saturated carbocycles. The molecule has 1 aromatic carbocycles. The maximum atomic E-state index is 12.1. The van der Waals surface area contributed by atoms with Crippen molar-refractivity contribution in [1.82, 2.24) is 9.55 Å². The van der Waals surface area contributed by atoms with Crippen LogP contribution in [0.1, 0.15) is 42.9 Å². The Bertz CT molecular complexity index is 619. The van der Waals surface area contributed by atoms with E-state index in [0.717, 1.165) is 5.56 Å². The SMILES string of the molecule is CC(C)COC(=O)c1cncn1C(C)c1ccccc1O. The first-order chi connectivity index (χ1) is 10.0. The predicted octanol–water partition coefficient (Wildman–Crippen LogP) is 3.01. The van der Waals surface area contributed by atoms with E-state index in [1.165, 1.54) is 6.20 Å². The second kappa shape index (κ2) is 6.43. The topological polar surface area (TPSA) is 64.3 Å². The molecule has 1 unspecified atom stereocenters. The molecule has 1 atom stereocenters. The minimum atomic E-state index is -0.400. The van der Waals surface area contributed by atoms with E-state index >= 15 is 0 Å². The number of para-hydroxylation sites is 1. The highest BCUT2D eigenvalue weighted by Crippen LogP contribution is 2.27. The lowest BCUT2D eigenvalue weighted by molar-refractivity contribution is 0.0445. The van der Waals surface area contributed by atoms with Crippen molar-refractivity contribution in [2.75, 3.05) is 6.61 Å². The number of nitrogens with zero attached hydrogens (tertiary/aromatic N) is 2. The number of ether oxygens (including phenoxy) is 1. The Hall–Kier alpha value is -2.30. The van der Waals surface area contributed by atoms with Crippen LogP contribution in [0.2, 0.25) is 0 Å². The lowest BCUT2D eigenvalue weighted by Crippen LogP contribution is -2.17. The molecule has 0 bridgehead atoms. The van der Waals surface area contributed by atoms with Gasteiger partial charge in [0.05, 0.1) is 25.2 Å². The Labute approximate surface area is 124 Å². The maximum Gasteiger partial charge on any atom is 0.356 e. The van der Waals surface area contributed by atoms with Crippen molar-refractivity contribution in [2.24, 2.45) is 5.92 Å². The van der Waals surface area contributed by atoms with Gasteiger partial charge in [-0.05, 0) is 18.9 Å². The van der Waals surface area contributed by atoms with E-state index in [2.05, 4.69) is 4.98 Å². The third-order valence-corrected chi connectivity index (χ3v) is 3.23. The van der Waals surface area contributed by atoms with Crippen molar-refractivity contribution in [3.05, 3.63) is 48.0 Å². The molecule has 2 rings (SSSR count). The van der Waals surface area contributed by atoms with Crippen LogP contribution in [-0.4, -0.2) is 27.2 Å². The van der Waals surface area contributed by atoms with Crippen LogP contribution in [-0.2, 0) is 4.74 Å². The van der Waals surface area contributed by atoms with Gasteiger partial charge >= 0.3 is 5.97 Å². The molecule has 21 heavy (non-hydrogen) atoms. The number of carbonyl (C=O) groups excluding carboxylic acids is 1. The number of aromatic hydroxyl groups is 1. The molecule has 0 radical (unpaired) electrons. The van der Waals surface area contributed by atoms with E-state index in [1.54, 1.807) is 23.0 Å². The Morgan fingerprint density at radius 2 is 2.05 bits per heavy atom. The molecule has 1 aromatic heterocycles. The van der Waals surface area contributed by atoms with Gasteiger partial charge in [-0.25, -0.2) is 9.78 Å². The van der Waals surface area contributed by atoms with Gasteiger partial charge in [0.25, 0.3) is 0 Å². The third-order valence-electron chi connectivity index (χ3n) is 3.23. The third kappa shape index (κ3) is 3.42. The molecule has 0 spiro atoms. The fourth-order valence-electron chi connectivity index (χ4n) is 2.08. The molecule has 0 aliphatic carbocycles. The fourth-order valence-corrected chi connectivity index (χ4v) is 2.08. The zero-order chi connectivity index (χ0) is 15.4. The van der Waals surface area contributed by atoms with Crippen LogP contribution >= 0.6 is 0 Å². The summed E-state index contributed by atoms with van der Waals surface area (Å²) in [5.74, 6) is 0.0737. The van der Waals surface area contributed by atoms with Gasteiger partial charge in [0.15, 0.2) is 0 Å². The van der Waals surface area contributed by atoms with Crippen LogP contribution in [0.4, 0.5) is 0 Å². The highest BCUT2D eigenvalue weighted by atomic mass is 16.5. The summed E-state index contributed by atoms with van der Waals surface area (Å²) in [6.45, 7) is 6.23. The molecule has 2 aromatic rings. The molecule has 1 heterocycles. The van der Waals surface area contributed by atoms with Gasteiger partial charge in [-0.2, -0.15) is 0 Å². The zero-order valence-corrected chi connectivity index (χ0v) is 12.5. The quantitative estimate of drug-likeness (QED) is 0.859. The van der Waals surface area contributed by atoms with Gasteiger partial charge < -0.3 is 14.4 Å². The molecular formula is C16H20N2O3. The molecule has 5 nitrogen and oxygen atoms in total. The first kappa shape index (κ1) is 15.1. The molecule has 0 saturated heterocycles. The minimum absolute atomic E-state index is 0.195. The monoisotopic (exact) mass is 288 g/mol. The highest BCUT2D eigenvalue weighted by Gasteiger charge is 2.20. The number of carbonyl (C=O) groups is 1. The van der Waals surface area contributed by atoms with Gasteiger partial charge in [-0.3, -0.25) is 0 Å². The summed E-state index contributed by atoms with van der Waals surface area (Å²) in [7, 11) is 0. The summed E-state index contributed by atoms with van der Waals surface area (Å²) in [5.41, 5.74) is 1.11. The first-order valence-electron chi connectivity index (χ1n) is 6.97. The predicted molar refractivity (Wildman–Crippen MR) is 79.3 cm³/mol. The van der Waals surface area contributed by atoms with Gasteiger partial charge in [0.2, 0.25) is 0 Å². The van der Waals surface area contributed by atoms with Crippen molar-refractivity contribution in [2.45, 2.75) is 26.8 Å². The van der Waals surface area contributed by atoms with Crippen LogP contribution in [0.3, 0.4) is 0 Å². The minimum Gasteiger partial charge on any atom is -0.508 e. The largest absolute Gasteiger partial charge is 0.508 e. The van der Waals surface area contributed by atoms with Crippen LogP contribution < -0.4 is 0 Å². The second-order valence-electron chi connectivity index (χ2n) is 5.41. The van der Waals surface area contributed by atoms with E-state index in [9.17, 15) is 9.90 Å². The first-order valence-corrected chi connectivity index (χ1v) is 6.97. The number of hydrogen-bond acceptors (Lipinski definition) is 4. The molecule has 1 N–H and O–H groups in total. The molecule has 5 heteroatoms. The average Bonchev–Trinajstić information content (AvgIpc) is 2.94. The summed E-state index contributed by atoms with van der Waals surface area (Å²) < 4.78 is 6.95. The highest BCUT2D eigenvalue weighted by molar-refractivity contribution is 5.87. The standard InChI is InChI=1S/C16H20N2O3/c1-11(2)9-21-16(20)14-8-17-10-18(14)12(3)13-6-4-5-7-15(13)19/h4-8,10-12,19H,9H2,1-3H3. The van der Waals surface area contributed by atoms with E-state index in [-0.39, 0.29) is 17.7 Å². The molecular weight excluding hydrogens is 268 g/mol. The van der Waals surface area contributed by atoms with Gasteiger partial charge in [0.1, 0.15) is 11.4 Å². The number of aromatic nitrogens is 2. The van der Waals surface area contributed by atoms with Crippen molar-refractivity contribution in [1.29, 1.82) is 0 Å². The average molecular weight is 288 g/mol.